The van der Waals surface area contributed by atoms with E-state index < -0.39 is 0 Å². The van der Waals surface area contributed by atoms with E-state index in [0.717, 1.165) is 17.8 Å². The van der Waals surface area contributed by atoms with Crippen LogP contribution in [0.3, 0.4) is 0 Å². The summed E-state index contributed by atoms with van der Waals surface area (Å²) in [6, 6.07) is -0.333. The Bertz CT molecular complexity index is 179. The van der Waals surface area contributed by atoms with Gasteiger partial charge in [-0.15, -0.1) is 0 Å². The highest BCUT2D eigenvalue weighted by atomic mass is 33.1. The van der Waals surface area contributed by atoms with Crippen molar-refractivity contribution < 1.29 is 9.53 Å². The largest absolute Gasteiger partial charge is 0.484 e. The van der Waals surface area contributed by atoms with E-state index in [-0.39, 0.29) is 6.04 Å². The van der Waals surface area contributed by atoms with Gasteiger partial charge in [0.05, 0.1) is 13.2 Å². The second kappa shape index (κ2) is 9.36. The van der Waals surface area contributed by atoms with Gasteiger partial charge >= 0.3 is 0 Å². The van der Waals surface area contributed by atoms with E-state index in [0.29, 0.717) is 18.7 Å². The molecule has 4 nitrogen and oxygen atoms in total. The zero-order valence-electron chi connectivity index (χ0n) is 8.19. The maximum absolute atomic E-state index is 10.2. The Morgan fingerprint density at radius 2 is 2.21 bits per heavy atom. The number of aldehydes is 1. The zero-order valence-corrected chi connectivity index (χ0v) is 9.83. The van der Waals surface area contributed by atoms with Crippen LogP contribution in [0.15, 0.2) is 0 Å². The lowest BCUT2D eigenvalue weighted by Gasteiger charge is -2.03. The molecule has 0 fully saturated rings. The molecular weight excluding hydrogens is 220 g/mol. The van der Waals surface area contributed by atoms with E-state index in [4.69, 9.17) is 15.9 Å². The van der Waals surface area contributed by atoms with Gasteiger partial charge in [0.25, 0.3) is 0 Å². The molecule has 0 heterocycles. The summed E-state index contributed by atoms with van der Waals surface area (Å²) in [5.41, 5.74) is 5.41. The summed E-state index contributed by atoms with van der Waals surface area (Å²) < 4.78 is 4.71. The van der Waals surface area contributed by atoms with Crippen LogP contribution in [0.4, 0.5) is 0 Å². The van der Waals surface area contributed by atoms with E-state index in [9.17, 15) is 4.79 Å². The topological polar surface area (TPSA) is 76.2 Å². The van der Waals surface area contributed by atoms with Crippen LogP contribution in [0, 0.1) is 5.41 Å². The molecule has 0 aromatic heterocycles. The third-order valence-corrected chi connectivity index (χ3v) is 3.89. The first-order valence-electron chi connectivity index (χ1n) is 4.27. The fourth-order valence-electron chi connectivity index (χ4n) is 0.607. The molecule has 1 unspecified atom stereocenters. The summed E-state index contributed by atoms with van der Waals surface area (Å²) in [5, 5.41) is 7.20. The van der Waals surface area contributed by atoms with Gasteiger partial charge in [0.1, 0.15) is 6.29 Å². The zero-order chi connectivity index (χ0) is 10.8. The molecule has 0 rings (SSSR count). The normalized spacial score (nSPS) is 12.1. The summed E-state index contributed by atoms with van der Waals surface area (Å²) in [5.74, 6) is 2.03. The number of hydrogen-bond acceptors (Lipinski definition) is 6. The van der Waals surface area contributed by atoms with Crippen molar-refractivity contribution in [2.24, 2.45) is 5.73 Å². The van der Waals surface area contributed by atoms with E-state index in [1.54, 1.807) is 21.6 Å². The lowest BCUT2D eigenvalue weighted by molar-refractivity contribution is -0.108. The van der Waals surface area contributed by atoms with Crippen molar-refractivity contribution in [3.05, 3.63) is 0 Å². The molecule has 3 N–H and O–H groups in total. The minimum atomic E-state index is -0.333. The van der Waals surface area contributed by atoms with Crippen LogP contribution in [0.2, 0.25) is 0 Å². The van der Waals surface area contributed by atoms with Crippen LogP contribution in [-0.4, -0.2) is 36.8 Å². The molecule has 0 saturated heterocycles. The molecule has 1 atom stereocenters. The molecule has 0 amide bonds. The molecule has 0 aliphatic heterocycles. The molecule has 6 heteroatoms. The van der Waals surface area contributed by atoms with Crippen molar-refractivity contribution in [3.63, 3.8) is 0 Å². The van der Waals surface area contributed by atoms with Gasteiger partial charge in [-0.3, -0.25) is 5.41 Å². The molecule has 0 aliphatic rings. The highest BCUT2D eigenvalue weighted by Gasteiger charge is 2.00. The van der Waals surface area contributed by atoms with Crippen molar-refractivity contribution in [2.75, 3.05) is 18.6 Å². The molecule has 0 aliphatic carbocycles. The van der Waals surface area contributed by atoms with Crippen LogP contribution in [0.25, 0.3) is 0 Å². The number of ether oxygens (including phenoxy) is 1. The molecule has 0 radical (unpaired) electrons. The summed E-state index contributed by atoms with van der Waals surface area (Å²) in [6.07, 6.45) is 2.13. The average molecular weight is 236 g/mol. The smallest absolute Gasteiger partial charge is 0.180 e. The van der Waals surface area contributed by atoms with Crippen molar-refractivity contribution in [3.8, 4) is 0 Å². The Morgan fingerprint density at radius 1 is 1.57 bits per heavy atom. The number of methoxy groups -OCH3 is 1. The lowest BCUT2D eigenvalue weighted by atomic mass is 10.3. The van der Waals surface area contributed by atoms with E-state index in [1.807, 2.05) is 0 Å². The van der Waals surface area contributed by atoms with Crippen LogP contribution in [-0.2, 0) is 9.53 Å². The molecule has 82 valence electrons. The Morgan fingerprint density at radius 3 is 2.79 bits per heavy atom. The average Bonchev–Trinajstić information content (AvgIpc) is 2.22. The summed E-state index contributed by atoms with van der Waals surface area (Å²) in [4.78, 5) is 10.2. The van der Waals surface area contributed by atoms with Gasteiger partial charge in [-0.25, -0.2) is 0 Å². The predicted molar refractivity (Wildman–Crippen MR) is 62.9 cm³/mol. The third kappa shape index (κ3) is 8.40. The first kappa shape index (κ1) is 13.8. The van der Waals surface area contributed by atoms with Crippen LogP contribution in [0.5, 0.6) is 0 Å². The standard InChI is InChI=1S/C8H16N2O2S2/c1-12-8(10)3-5-14-13-4-2-7(9)6-11/h6-7,10H,2-5,9H2,1H3. The minimum Gasteiger partial charge on any atom is -0.484 e. The van der Waals surface area contributed by atoms with Gasteiger partial charge < -0.3 is 15.3 Å². The molecule has 0 bridgehead atoms. The van der Waals surface area contributed by atoms with Crippen molar-refractivity contribution in [1.29, 1.82) is 5.41 Å². The van der Waals surface area contributed by atoms with Gasteiger partial charge in [-0.2, -0.15) is 0 Å². The van der Waals surface area contributed by atoms with Gasteiger partial charge in [0, 0.05) is 17.9 Å². The number of hydrogen-bond donors (Lipinski definition) is 2. The summed E-state index contributed by atoms with van der Waals surface area (Å²) in [6.45, 7) is 0. The first-order chi connectivity index (χ1) is 6.70. The lowest BCUT2D eigenvalue weighted by Crippen LogP contribution is -2.21. The molecular formula is C8H16N2O2S2. The van der Waals surface area contributed by atoms with Gasteiger partial charge in [-0.1, -0.05) is 21.6 Å². The van der Waals surface area contributed by atoms with Gasteiger partial charge in [0.15, 0.2) is 5.90 Å². The second-order valence-corrected chi connectivity index (χ2v) is 5.31. The maximum atomic E-state index is 10.2. The van der Waals surface area contributed by atoms with E-state index in [1.165, 1.54) is 7.11 Å². The monoisotopic (exact) mass is 236 g/mol. The fraction of sp³-hybridized carbons (Fsp3) is 0.750. The van der Waals surface area contributed by atoms with Gasteiger partial charge in [0.2, 0.25) is 0 Å². The minimum absolute atomic E-state index is 0.308. The predicted octanol–water partition coefficient (Wildman–Crippen LogP) is 1.30. The number of nitrogens with two attached hydrogens (primary N) is 1. The third-order valence-electron chi connectivity index (χ3n) is 1.45. The molecule has 0 aromatic carbocycles. The van der Waals surface area contributed by atoms with Crippen molar-refractivity contribution in [2.45, 2.75) is 18.9 Å². The second-order valence-electron chi connectivity index (χ2n) is 2.61. The Hall–Kier alpha value is -0.200. The number of nitrogens with one attached hydrogen (secondary N) is 1. The van der Waals surface area contributed by atoms with Gasteiger partial charge in [-0.05, 0) is 6.42 Å². The Balaban J connectivity index is 3.14. The molecule has 0 spiro atoms. The molecule has 0 saturated carbocycles. The Kier molecular flexibility index (Phi) is 9.23. The first-order valence-corrected chi connectivity index (χ1v) is 6.76. The molecule has 14 heavy (non-hydrogen) atoms. The summed E-state index contributed by atoms with van der Waals surface area (Å²) >= 11 is 0. The van der Waals surface area contributed by atoms with Crippen LogP contribution in [0.1, 0.15) is 12.8 Å². The van der Waals surface area contributed by atoms with Crippen LogP contribution >= 0.6 is 21.6 Å². The number of rotatable bonds is 8. The SMILES string of the molecule is COC(=N)CCSSCCC(N)C=O. The van der Waals surface area contributed by atoms with E-state index >= 15 is 0 Å². The highest BCUT2D eigenvalue weighted by Crippen LogP contribution is 2.22. The Labute approximate surface area is 92.2 Å². The highest BCUT2D eigenvalue weighted by molar-refractivity contribution is 8.76. The fourth-order valence-corrected chi connectivity index (χ4v) is 2.73. The number of carbonyl (C=O) groups is 1. The number of carbonyl (C=O) groups excluding carboxylic acids is 1. The molecule has 0 aromatic rings. The van der Waals surface area contributed by atoms with E-state index in [2.05, 4.69) is 0 Å². The van der Waals surface area contributed by atoms with Crippen molar-refractivity contribution >= 4 is 33.8 Å². The van der Waals surface area contributed by atoms with Crippen molar-refractivity contribution in [1.82, 2.24) is 0 Å². The van der Waals surface area contributed by atoms with Crippen LogP contribution < -0.4 is 5.73 Å². The summed E-state index contributed by atoms with van der Waals surface area (Å²) in [7, 11) is 4.85. The quantitative estimate of drug-likeness (QED) is 0.218. The maximum Gasteiger partial charge on any atom is 0.180 e.